The molecule has 2 saturated heterocycles. The lowest BCUT2D eigenvalue weighted by Gasteiger charge is -2.40. The highest BCUT2D eigenvalue weighted by molar-refractivity contribution is 5.79. The van der Waals surface area contributed by atoms with Crippen molar-refractivity contribution in [3.8, 4) is 0 Å². The van der Waals surface area contributed by atoms with Gasteiger partial charge in [-0.25, -0.2) is 0 Å². The Labute approximate surface area is 105 Å². The predicted octanol–water partition coefficient (Wildman–Crippen LogP) is 2.02. The molecule has 1 amide bonds. The second-order valence-electron chi connectivity index (χ2n) is 6.01. The predicted molar refractivity (Wildman–Crippen MR) is 69.8 cm³/mol. The summed E-state index contributed by atoms with van der Waals surface area (Å²) in [6.45, 7) is 8.61. The van der Waals surface area contributed by atoms with Crippen LogP contribution in [0.1, 0.15) is 46.0 Å². The smallest absolute Gasteiger partial charge is 0.225 e. The van der Waals surface area contributed by atoms with Gasteiger partial charge in [0, 0.05) is 19.0 Å². The molecule has 0 unspecified atom stereocenters. The molecular weight excluding hydrogens is 212 g/mol. The van der Waals surface area contributed by atoms with E-state index in [4.69, 9.17) is 0 Å². The van der Waals surface area contributed by atoms with Crippen molar-refractivity contribution in [3.63, 3.8) is 0 Å². The van der Waals surface area contributed by atoms with Gasteiger partial charge in [0.15, 0.2) is 0 Å². The number of hydrogen-bond donors (Lipinski definition) is 1. The summed E-state index contributed by atoms with van der Waals surface area (Å²) in [5, 5.41) is 3.32. The molecule has 0 aliphatic carbocycles. The van der Waals surface area contributed by atoms with E-state index in [1.54, 1.807) is 0 Å². The summed E-state index contributed by atoms with van der Waals surface area (Å²) in [5.41, 5.74) is 0.477. The van der Waals surface area contributed by atoms with Crippen LogP contribution in [0.15, 0.2) is 0 Å². The first-order chi connectivity index (χ1) is 8.14. The zero-order valence-electron chi connectivity index (χ0n) is 11.3. The van der Waals surface area contributed by atoms with Crippen molar-refractivity contribution in [2.75, 3.05) is 26.2 Å². The number of carbonyl (C=O) groups excluding carboxylic acids is 1. The highest BCUT2D eigenvalue weighted by Gasteiger charge is 2.33. The number of nitrogens with one attached hydrogen (secondary N) is 1. The number of hydrogen-bond acceptors (Lipinski definition) is 2. The number of rotatable bonds is 2. The molecule has 2 aliphatic rings. The summed E-state index contributed by atoms with van der Waals surface area (Å²) >= 11 is 0. The molecule has 2 aliphatic heterocycles. The number of amides is 1. The summed E-state index contributed by atoms with van der Waals surface area (Å²) in [5.74, 6) is 0.715. The SMILES string of the molecule is CCC1(C)CCN(C(=O)C2CCNCC2)CC1. The average molecular weight is 238 g/mol. The third-order valence-electron chi connectivity index (χ3n) is 4.82. The van der Waals surface area contributed by atoms with Crippen molar-refractivity contribution < 1.29 is 4.79 Å². The molecule has 0 aromatic rings. The first-order valence-corrected chi connectivity index (χ1v) is 7.14. The molecule has 0 radical (unpaired) electrons. The van der Waals surface area contributed by atoms with Crippen LogP contribution in [0.2, 0.25) is 0 Å². The molecule has 17 heavy (non-hydrogen) atoms. The Kier molecular flexibility index (Phi) is 4.08. The number of carbonyl (C=O) groups is 1. The number of nitrogens with zero attached hydrogens (tertiary/aromatic N) is 1. The summed E-state index contributed by atoms with van der Waals surface area (Å²) < 4.78 is 0. The van der Waals surface area contributed by atoms with E-state index in [-0.39, 0.29) is 0 Å². The zero-order chi connectivity index (χ0) is 12.3. The second-order valence-corrected chi connectivity index (χ2v) is 6.01. The molecule has 0 spiro atoms. The molecule has 0 bridgehead atoms. The van der Waals surface area contributed by atoms with Crippen molar-refractivity contribution in [1.82, 2.24) is 10.2 Å². The van der Waals surface area contributed by atoms with Gasteiger partial charge >= 0.3 is 0 Å². The largest absolute Gasteiger partial charge is 0.342 e. The van der Waals surface area contributed by atoms with Crippen LogP contribution in [-0.4, -0.2) is 37.0 Å². The average Bonchev–Trinajstić information content (AvgIpc) is 2.40. The minimum Gasteiger partial charge on any atom is -0.342 e. The van der Waals surface area contributed by atoms with Gasteiger partial charge in [-0.1, -0.05) is 20.3 Å². The molecule has 2 heterocycles. The fourth-order valence-electron chi connectivity index (χ4n) is 2.95. The molecule has 3 heteroatoms. The Morgan fingerprint density at radius 1 is 1.29 bits per heavy atom. The zero-order valence-corrected chi connectivity index (χ0v) is 11.3. The Hall–Kier alpha value is -0.570. The van der Waals surface area contributed by atoms with Crippen LogP contribution >= 0.6 is 0 Å². The second kappa shape index (κ2) is 5.38. The Balaban J connectivity index is 1.85. The molecule has 0 saturated carbocycles. The normalized spacial score (nSPS) is 25.9. The van der Waals surface area contributed by atoms with Crippen molar-refractivity contribution in [1.29, 1.82) is 0 Å². The molecule has 0 aromatic carbocycles. The Morgan fingerprint density at radius 3 is 2.41 bits per heavy atom. The lowest BCUT2D eigenvalue weighted by atomic mass is 9.78. The van der Waals surface area contributed by atoms with E-state index >= 15 is 0 Å². The first-order valence-electron chi connectivity index (χ1n) is 7.14. The van der Waals surface area contributed by atoms with Crippen LogP contribution in [0, 0.1) is 11.3 Å². The summed E-state index contributed by atoms with van der Waals surface area (Å²) in [6.07, 6.45) is 5.66. The standard InChI is InChI=1S/C14H26N2O/c1-3-14(2)6-10-16(11-7-14)13(17)12-4-8-15-9-5-12/h12,15H,3-11H2,1-2H3. The van der Waals surface area contributed by atoms with Gasteiger partial charge in [-0.05, 0) is 44.2 Å². The van der Waals surface area contributed by atoms with Crippen molar-refractivity contribution in [2.45, 2.75) is 46.0 Å². The molecule has 0 aromatic heterocycles. The van der Waals surface area contributed by atoms with E-state index in [9.17, 15) is 4.79 Å². The highest BCUT2D eigenvalue weighted by Crippen LogP contribution is 2.34. The van der Waals surface area contributed by atoms with Crippen molar-refractivity contribution >= 4 is 5.91 Å². The molecule has 2 fully saturated rings. The summed E-state index contributed by atoms with van der Waals surface area (Å²) in [4.78, 5) is 14.5. The molecule has 0 atom stereocenters. The molecule has 3 nitrogen and oxygen atoms in total. The molecule has 98 valence electrons. The van der Waals surface area contributed by atoms with Crippen LogP contribution in [0.4, 0.5) is 0 Å². The van der Waals surface area contributed by atoms with Crippen LogP contribution in [-0.2, 0) is 4.79 Å². The third-order valence-corrected chi connectivity index (χ3v) is 4.82. The minimum atomic E-state index is 0.294. The van der Waals surface area contributed by atoms with Gasteiger partial charge in [0.2, 0.25) is 5.91 Å². The van der Waals surface area contributed by atoms with Gasteiger partial charge in [-0.2, -0.15) is 0 Å². The van der Waals surface area contributed by atoms with Gasteiger partial charge < -0.3 is 10.2 Å². The monoisotopic (exact) mass is 238 g/mol. The molecule has 2 rings (SSSR count). The Bertz CT molecular complexity index is 263. The number of likely N-dealkylation sites (tertiary alicyclic amines) is 1. The summed E-state index contributed by atoms with van der Waals surface area (Å²) in [6, 6.07) is 0. The highest BCUT2D eigenvalue weighted by atomic mass is 16.2. The van der Waals surface area contributed by atoms with Crippen LogP contribution in [0.3, 0.4) is 0 Å². The first kappa shape index (κ1) is 12.9. The van der Waals surface area contributed by atoms with Gasteiger partial charge in [-0.15, -0.1) is 0 Å². The van der Waals surface area contributed by atoms with Crippen molar-refractivity contribution in [3.05, 3.63) is 0 Å². The van der Waals surface area contributed by atoms with Gasteiger partial charge in [-0.3, -0.25) is 4.79 Å². The van der Waals surface area contributed by atoms with Gasteiger partial charge in [0.05, 0.1) is 0 Å². The van der Waals surface area contributed by atoms with E-state index < -0.39 is 0 Å². The lowest BCUT2D eigenvalue weighted by Crippen LogP contribution is -2.46. The van der Waals surface area contributed by atoms with E-state index in [0.29, 0.717) is 17.2 Å². The fourth-order valence-corrected chi connectivity index (χ4v) is 2.95. The molecule has 1 N–H and O–H groups in total. The van der Waals surface area contributed by atoms with Crippen molar-refractivity contribution in [2.24, 2.45) is 11.3 Å². The van der Waals surface area contributed by atoms with E-state index in [2.05, 4.69) is 24.1 Å². The van der Waals surface area contributed by atoms with E-state index in [1.165, 1.54) is 19.3 Å². The third kappa shape index (κ3) is 3.01. The van der Waals surface area contributed by atoms with Crippen LogP contribution < -0.4 is 5.32 Å². The maximum absolute atomic E-state index is 12.4. The molecular formula is C14H26N2O. The lowest BCUT2D eigenvalue weighted by molar-refractivity contribution is -0.138. The van der Waals surface area contributed by atoms with Crippen LogP contribution in [0.25, 0.3) is 0 Å². The quantitative estimate of drug-likeness (QED) is 0.798. The number of piperidine rings is 2. The topological polar surface area (TPSA) is 32.3 Å². The van der Waals surface area contributed by atoms with Crippen LogP contribution in [0.5, 0.6) is 0 Å². The van der Waals surface area contributed by atoms with E-state index in [0.717, 1.165) is 39.0 Å². The maximum atomic E-state index is 12.4. The Morgan fingerprint density at radius 2 is 1.88 bits per heavy atom. The fraction of sp³-hybridized carbons (Fsp3) is 0.929. The van der Waals surface area contributed by atoms with E-state index in [1.807, 2.05) is 0 Å². The van der Waals surface area contributed by atoms with Gasteiger partial charge in [0.1, 0.15) is 0 Å². The maximum Gasteiger partial charge on any atom is 0.225 e. The summed E-state index contributed by atoms with van der Waals surface area (Å²) in [7, 11) is 0. The minimum absolute atomic E-state index is 0.294. The van der Waals surface area contributed by atoms with Gasteiger partial charge in [0.25, 0.3) is 0 Å².